The van der Waals surface area contributed by atoms with Crippen molar-refractivity contribution in [2.45, 2.75) is 13.0 Å². The van der Waals surface area contributed by atoms with Gasteiger partial charge >= 0.3 is 0 Å². The van der Waals surface area contributed by atoms with Gasteiger partial charge in [-0.05, 0) is 30.3 Å². The molecular weight excluding hydrogens is 257 g/mol. The minimum atomic E-state index is -0.372. The van der Waals surface area contributed by atoms with Crippen molar-refractivity contribution in [2.24, 2.45) is 0 Å². The number of hydrogen-bond acceptors (Lipinski definition) is 3. The van der Waals surface area contributed by atoms with E-state index in [0.717, 1.165) is 5.69 Å². The quantitative estimate of drug-likeness (QED) is 0.869. The molecule has 0 saturated heterocycles. The summed E-state index contributed by atoms with van der Waals surface area (Å²) in [5.41, 5.74) is 1.25. The fourth-order valence-corrected chi connectivity index (χ4v) is 1.57. The first-order valence-electron chi connectivity index (χ1n) is 6.21. The summed E-state index contributed by atoms with van der Waals surface area (Å²) in [6.45, 7) is 0.271. The van der Waals surface area contributed by atoms with Crippen LogP contribution in [-0.2, 0) is 6.61 Å². The van der Waals surface area contributed by atoms with Crippen molar-refractivity contribution in [1.29, 1.82) is 0 Å². The number of nitrogens with zero attached hydrogens (tertiary/aromatic N) is 1. The Morgan fingerprint density at radius 2 is 2.15 bits per heavy atom. The van der Waals surface area contributed by atoms with Crippen LogP contribution in [-0.4, -0.2) is 16.7 Å². The molecule has 1 aromatic carbocycles. The van der Waals surface area contributed by atoms with E-state index in [4.69, 9.17) is 9.84 Å². The molecule has 0 bridgehead atoms. The van der Waals surface area contributed by atoms with E-state index >= 15 is 0 Å². The second kappa shape index (κ2) is 7.27. The summed E-state index contributed by atoms with van der Waals surface area (Å²) in [6.07, 6.45) is 2.03. The Kier molecular flexibility index (Phi) is 5.10. The van der Waals surface area contributed by atoms with Gasteiger partial charge in [-0.2, -0.15) is 0 Å². The topological polar surface area (TPSA) is 42.4 Å². The van der Waals surface area contributed by atoms with Gasteiger partial charge in [-0.15, -0.1) is 0 Å². The summed E-state index contributed by atoms with van der Waals surface area (Å²) < 4.78 is 18.8. The van der Waals surface area contributed by atoms with E-state index in [-0.39, 0.29) is 12.4 Å². The molecule has 1 aromatic heterocycles. The van der Waals surface area contributed by atoms with Crippen molar-refractivity contribution in [1.82, 2.24) is 4.98 Å². The van der Waals surface area contributed by atoms with Crippen LogP contribution < -0.4 is 4.74 Å². The van der Waals surface area contributed by atoms with Gasteiger partial charge in [-0.25, -0.2) is 4.39 Å². The lowest BCUT2D eigenvalue weighted by atomic mass is 10.2. The molecule has 0 radical (unpaired) electrons. The van der Waals surface area contributed by atoms with Crippen molar-refractivity contribution in [2.75, 3.05) is 6.61 Å². The summed E-state index contributed by atoms with van der Waals surface area (Å²) >= 11 is 0. The van der Waals surface area contributed by atoms with E-state index in [0.29, 0.717) is 24.3 Å². The number of ether oxygens (including phenoxy) is 1. The number of rotatable bonds is 4. The molecule has 2 aromatic rings. The number of benzene rings is 1. The second-order valence-electron chi connectivity index (χ2n) is 4.03. The molecule has 0 aliphatic rings. The third-order valence-corrected chi connectivity index (χ3v) is 2.50. The van der Waals surface area contributed by atoms with Gasteiger partial charge in [-0.3, -0.25) is 4.98 Å². The van der Waals surface area contributed by atoms with Gasteiger partial charge in [0.2, 0.25) is 0 Å². The number of halogens is 1. The Labute approximate surface area is 117 Å². The number of aliphatic hydroxyl groups is 1. The largest absolute Gasteiger partial charge is 0.486 e. The first-order chi connectivity index (χ1) is 9.79. The van der Waals surface area contributed by atoms with Crippen LogP contribution in [0.5, 0.6) is 5.75 Å². The van der Waals surface area contributed by atoms with Crippen molar-refractivity contribution in [3.8, 4) is 17.6 Å². The molecule has 102 valence electrons. The first-order valence-corrected chi connectivity index (χ1v) is 6.21. The molecule has 1 N–H and O–H groups in total. The third-order valence-electron chi connectivity index (χ3n) is 2.50. The van der Waals surface area contributed by atoms with E-state index in [9.17, 15) is 4.39 Å². The van der Waals surface area contributed by atoms with Crippen LogP contribution in [0.25, 0.3) is 0 Å². The SMILES string of the molecule is OCCC#Cc1cc(F)ccc1OCc1ccccn1. The molecule has 0 atom stereocenters. The molecule has 0 amide bonds. The Hall–Kier alpha value is -2.38. The predicted octanol–water partition coefficient (Wildman–Crippen LogP) is 2.53. The number of hydrogen-bond donors (Lipinski definition) is 1. The summed E-state index contributed by atoms with van der Waals surface area (Å²) in [6, 6.07) is 9.73. The van der Waals surface area contributed by atoms with Crippen LogP contribution in [0.15, 0.2) is 42.6 Å². The zero-order chi connectivity index (χ0) is 14.2. The highest BCUT2D eigenvalue weighted by Gasteiger charge is 2.04. The molecule has 0 unspecified atom stereocenters. The number of pyridine rings is 1. The van der Waals surface area contributed by atoms with Crippen molar-refractivity contribution in [3.63, 3.8) is 0 Å². The fourth-order valence-electron chi connectivity index (χ4n) is 1.57. The Morgan fingerprint density at radius 3 is 2.90 bits per heavy atom. The van der Waals surface area contributed by atoms with Crippen LogP contribution in [0.4, 0.5) is 4.39 Å². The van der Waals surface area contributed by atoms with E-state index in [1.54, 1.807) is 12.3 Å². The highest BCUT2D eigenvalue weighted by molar-refractivity contribution is 5.46. The van der Waals surface area contributed by atoms with Crippen molar-refractivity contribution in [3.05, 3.63) is 59.7 Å². The molecule has 0 aliphatic carbocycles. The average Bonchev–Trinajstić information content (AvgIpc) is 2.48. The molecule has 0 fully saturated rings. The third kappa shape index (κ3) is 4.08. The van der Waals surface area contributed by atoms with Gasteiger partial charge < -0.3 is 9.84 Å². The minimum absolute atomic E-state index is 0.0214. The van der Waals surface area contributed by atoms with Gasteiger partial charge in [0.05, 0.1) is 17.9 Å². The highest BCUT2D eigenvalue weighted by Crippen LogP contribution is 2.19. The summed E-state index contributed by atoms with van der Waals surface area (Å²) in [4.78, 5) is 4.15. The lowest BCUT2D eigenvalue weighted by molar-refractivity contribution is 0.300. The lowest BCUT2D eigenvalue weighted by Gasteiger charge is -2.07. The maximum absolute atomic E-state index is 13.2. The molecule has 0 spiro atoms. The monoisotopic (exact) mass is 271 g/mol. The summed E-state index contributed by atoms with van der Waals surface area (Å²) in [5, 5.41) is 8.70. The standard InChI is InChI=1S/C16H14FNO2/c17-14-7-8-16(13(11-14)5-2-4-10-19)20-12-15-6-1-3-9-18-15/h1,3,6-9,11,19H,4,10,12H2. The average molecular weight is 271 g/mol. The van der Waals surface area contributed by atoms with Gasteiger partial charge in [0.1, 0.15) is 18.2 Å². The maximum Gasteiger partial charge on any atom is 0.135 e. The second-order valence-corrected chi connectivity index (χ2v) is 4.03. The Balaban J connectivity index is 2.13. The van der Waals surface area contributed by atoms with Crippen molar-refractivity contribution >= 4 is 0 Å². The van der Waals surface area contributed by atoms with Gasteiger partial charge in [0.25, 0.3) is 0 Å². The van der Waals surface area contributed by atoms with E-state index in [2.05, 4.69) is 16.8 Å². The zero-order valence-corrected chi connectivity index (χ0v) is 10.8. The molecule has 4 heteroatoms. The molecule has 3 nitrogen and oxygen atoms in total. The summed E-state index contributed by atoms with van der Waals surface area (Å²) in [5.74, 6) is 5.68. The normalized spacial score (nSPS) is 9.70. The smallest absolute Gasteiger partial charge is 0.135 e. The van der Waals surface area contributed by atoms with Crippen LogP contribution >= 0.6 is 0 Å². The van der Waals surface area contributed by atoms with E-state index in [1.807, 2.05) is 18.2 Å². The minimum Gasteiger partial charge on any atom is -0.486 e. The van der Waals surface area contributed by atoms with Gasteiger partial charge in [0.15, 0.2) is 0 Å². The molecule has 2 rings (SSSR count). The summed E-state index contributed by atoms with van der Waals surface area (Å²) in [7, 11) is 0. The highest BCUT2D eigenvalue weighted by atomic mass is 19.1. The predicted molar refractivity (Wildman–Crippen MR) is 73.5 cm³/mol. The van der Waals surface area contributed by atoms with E-state index in [1.165, 1.54) is 12.1 Å². The Morgan fingerprint density at radius 1 is 1.25 bits per heavy atom. The first kappa shape index (κ1) is 14.0. The van der Waals surface area contributed by atoms with E-state index < -0.39 is 0 Å². The van der Waals surface area contributed by atoms with Crippen LogP contribution in [0.1, 0.15) is 17.7 Å². The zero-order valence-electron chi connectivity index (χ0n) is 10.8. The Bertz CT molecular complexity index is 617. The fraction of sp³-hybridized carbons (Fsp3) is 0.188. The molecule has 0 saturated carbocycles. The molecule has 0 aliphatic heterocycles. The number of aromatic nitrogens is 1. The van der Waals surface area contributed by atoms with Crippen LogP contribution in [0.2, 0.25) is 0 Å². The molecule has 1 heterocycles. The van der Waals surface area contributed by atoms with Crippen LogP contribution in [0.3, 0.4) is 0 Å². The lowest BCUT2D eigenvalue weighted by Crippen LogP contribution is -1.99. The van der Waals surface area contributed by atoms with Gasteiger partial charge in [0, 0.05) is 12.6 Å². The number of aliphatic hydroxyl groups excluding tert-OH is 1. The van der Waals surface area contributed by atoms with Gasteiger partial charge in [-0.1, -0.05) is 17.9 Å². The molecular formula is C16H14FNO2. The van der Waals surface area contributed by atoms with Crippen molar-refractivity contribution < 1.29 is 14.2 Å². The maximum atomic E-state index is 13.2. The van der Waals surface area contributed by atoms with Crippen LogP contribution in [0, 0.1) is 17.7 Å². The molecule has 20 heavy (non-hydrogen) atoms.